The maximum Gasteiger partial charge on any atom is 0.320 e. The number of carboxylic acids is 4. The molecule has 0 aliphatic carbocycles. The van der Waals surface area contributed by atoms with Crippen LogP contribution in [0.5, 0.6) is 0 Å². The molecule has 194 valence electrons. The number of hydrogen-bond donors (Lipinski definition) is 10. The van der Waals surface area contributed by atoms with Gasteiger partial charge in [0.2, 0.25) is 0 Å². The Hall–Kier alpha value is -2.97. The fourth-order valence-electron chi connectivity index (χ4n) is 1.93. The molecule has 0 heterocycles. The molecule has 0 aromatic rings. The van der Waals surface area contributed by atoms with Crippen molar-refractivity contribution in [1.29, 1.82) is 5.41 Å². The van der Waals surface area contributed by atoms with Gasteiger partial charge in [0.1, 0.15) is 18.1 Å². The number of rotatable bonds is 14. The van der Waals surface area contributed by atoms with Crippen molar-refractivity contribution in [2.24, 2.45) is 28.9 Å². The topological polar surface area (TPSA) is 289 Å². The third kappa shape index (κ3) is 25.2. The van der Waals surface area contributed by atoms with Gasteiger partial charge in [-0.05, 0) is 38.0 Å². The van der Waals surface area contributed by atoms with Crippen molar-refractivity contribution in [3.63, 3.8) is 0 Å². The fourth-order valence-corrected chi connectivity index (χ4v) is 1.93. The number of nitrogens with two attached hydrogens (primary N) is 4. The zero-order valence-electron chi connectivity index (χ0n) is 19.2. The predicted molar refractivity (Wildman–Crippen MR) is 122 cm³/mol. The van der Waals surface area contributed by atoms with Crippen molar-refractivity contribution >= 4 is 29.8 Å². The normalized spacial score (nSPS) is 13.5. The maximum absolute atomic E-state index is 10.3. The molecular formula is C19H40N6O8. The molecule has 0 aliphatic rings. The second kappa shape index (κ2) is 20.9. The quantitative estimate of drug-likeness (QED) is 0.0823. The van der Waals surface area contributed by atoms with Crippen molar-refractivity contribution < 1.29 is 39.6 Å². The molecule has 0 saturated carbocycles. The Bertz CT molecular complexity index is 605. The monoisotopic (exact) mass is 480 g/mol. The molecule has 0 saturated heterocycles. The third-order valence-electron chi connectivity index (χ3n) is 4.34. The van der Waals surface area contributed by atoms with Gasteiger partial charge in [-0.1, -0.05) is 20.3 Å². The molecule has 1 unspecified atom stereocenters. The highest BCUT2D eigenvalue weighted by atomic mass is 16.4. The van der Waals surface area contributed by atoms with Crippen LogP contribution < -0.4 is 28.3 Å². The minimum absolute atomic E-state index is 0.0268. The zero-order valence-corrected chi connectivity index (χ0v) is 19.2. The summed E-state index contributed by atoms with van der Waals surface area (Å²) in [5, 5.41) is 42.7. The molecule has 33 heavy (non-hydrogen) atoms. The largest absolute Gasteiger partial charge is 0.481 e. The lowest BCUT2D eigenvalue weighted by Crippen LogP contribution is -2.36. The highest BCUT2D eigenvalue weighted by Gasteiger charge is 2.17. The highest BCUT2D eigenvalue weighted by Crippen LogP contribution is 2.04. The van der Waals surface area contributed by atoms with E-state index in [-0.39, 0.29) is 24.7 Å². The molecule has 14 N–H and O–H groups in total. The molecule has 0 aromatic carbocycles. The van der Waals surface area contributed by atoms with E-state index < -0.39 is 42.0 Å². The van der Waals surface area contributed by atoms with Crippen LogP contribution in [0.4, 0.5) is 0 Å². The summed E-state index contributed by atoms with van der Waals surface area (Å²) in [5.74, 6) is -3.90. The lowest BCUT2D eigenvalue weighted by Gasteiger charge is -2.11. The van der Waals surface area contributed by atoms with Gasteiger partial charge in [-0.3, -0.25) is 24.6 Å². The van der Waals surface area contributed by atoms with Gasteiger partial charge in [0.15, 0.2) is 5.96 Å². The van der Waals surface area contributed by atoms with Crippen molar-refractivity contribution in [3.8, 4) is 0 Å². The number of carbonyl (C=O) groups is 4. The fraction of sp³-hybridized carbons (Fsp3) is 0.737. The Kier molecular flexibility index (Phi) is 21.9. The third-order valence-corrected chi connectivity index (χ3v) is 4.34. The number of aliphatic carboxylic acids is 4. The van der Waals surface area contributed by atoms with Crippen molar-refractivity contribution in [2.75, 3.05) is 6.54 Å². The Morgan fingerprint density at radius 2 is 1.30 bits per heavy atom. The minimum Gasteiger partial charge on any atom is -0.481 e. The first-order valence-electron chi connectivity index (χ1n) is 10.4. The van der Waals surface area contributed by atoms with E-state index in [4.69, 9.17) is 48.8 Å². The average Bonchev–Trinajstić information content (AvgIpc) is 2.72. The summed E-state index contributed by atoms with van der Waals surface area (Å²) in [6, 6.07) is -2.42. The van der Waals surface area contributed by atoms with E-state index in [0.29, 0.717) is 25.8 Å². The average molecular weight is 481 g/mol. The van der Waals surface area contributed by atoms with Crippen LogP contribution >= 0.6 is 0 Å². The molecule has 0 amide bonds. The Morgan fingerprint density at radius 1 is 0.848 bits per heavy atom. The van der Waals surface area contributed by atoms with Gasteiger partial charge in [-0.25, -0.2) is 0 Å². The van der Waals surface area contributed by atoms with E-state index in [0.717, 1.165) is 12.8 Å². The van der Waals surface area contributed by atoms with Crippen LogP contribution in [-0.4, -0.2) is 74.9 Å². The number of nitrogens with one attached hydrogen (secondary N) is 2. The lowest BCUT2D eigenvalue weighted by molar-refractivity contribution is -0.140. The molecule has 0 aliphatic heterocycles. The number of unbranched alkanes of at least 4 members (excludes halogenated alkanes) is 1. The van der Waals surface area contributed by atoms with Crippen LogP contribution in [0.1, 0.15) is 58.8 Å². The van der Waals surface area contributed by atoms with Crippen molar-refractivity contribution in [1.82, 2.24) is 5.32 Å². The second-order valence-electron chi connectivity index (χ2n) is 7.26. The Balaban J connectivity index is -0.000000416. The number of carboxylic acid groups (broad SMARTS) is 4. The summed E-state index contributed by atoms with van der Waals surface area (Å²) in [6.07, 6.45) is 3.24. The molecular weight excluding hydrogens is 440 g/mol. The van der Waals surface area contributed by atoms with E-state index in [1.807, 2.05) is 13.8 Å². The first-order chi connectivity index (χ1) is 15.2. The van der Waals surface area contributed by atoms with Gasteiger partial charge >= 0.3 is 23.9 Å². The second-order valence-corrected chi connectivity index (χ2v) is 7.26. The van der Waals surface area contributed by atoms with Crippen LogP contribution in [0.25, 0.3) is 0 Å². The zero-order chi connectivity index (χ0) is 26.6. The molecule has 0 rings (SSSR count). The molecule has 14 nitrogen and oxygen atoms in total. The van der Waals surface area contributed by atoms with Gasteiger partial charge in [-0.15, -0.1) is 0 Å². The molecule has 0 radical (unpaired) electrons. The predicted octanol–water partition coefficient (Wildman–Crippen LogP) is -0.851. The first-order valence-corrected chi connectivity index (χ1v) is 10.4. The maximum atomic E-state index is 10.3. The van der Waals surface area contributed by atoms with Crippen LogP contribution in [0.2, 0.25) is 0 Å². The first kappa shape index (κ1) is 34.6. The van der Waals surface area contributed by atoms with Gasteiger partial charge < -0.3 is 48.7 Å². The smallest absolute Gasteiger partial charge is 0.320 e. The van der Waals surface area contributed by atoms with Crippen LogP contribution in [-0.2, 0) is 19.2 Å². The van der Waals surface area contributed by atoms with E-state index in [1.165, 1.54) is 0 Å². The summed E-state index contributed by atoms with van der Waals surface area (Å²) < 4.78 is 0. The highest BCUT2D eigenvalue weighted by molar-refractivity contribution is 5.74. The van der Waals surface area contributed by atoms with E-state index in [1.54, 1.807) is 0 Å². The summed E-state index contributed by atoms with van der Waals surface area (Å²) in [4.78, 5) is 40.5. The van der Waals surface area contributed by atoms with Gasteiger partial charge in [0.05, 0.1) is 0 Å². The molecule has 0 spiro atoms. The minimum atomic E-state index is -1.09. The van der Waals surface area contributed by atoms with Gasteiger partial charge in [-0.2, -0.15) is 0 Å². The summed E-state index contributed by atoms with van der Waals surface area (Å²) in [5.41, 5.74) is 20.7. The summed E-state index contributed by atoms with van der Waals surface area (Å²) in [7, 11) is 0. The van der Waals surface area contributed by atoms with Crippen molar-refractivity contribution in [2.45, 2.75) is 76.9 Å². The Morgan fingerprint density at radius 3 is 1.61 bits per heavy atom. The van der Waals surface area contributed by atoms with Crippen LogP contribution in [0.3, 0.4) is 0 Å². The van der Waals surface area contributed by atoms with Crippen molar-refractivity contribution in [3.05, 3.63) is 0 Å². The molecule has 0 fully saturated rings. The summed E-state index contributed by atoms with van der Waals surface area (Å²) >= 11 is 0. The number of guanidine groups is 1. The van der Waals surface area contributed by atoms with Crippen LogP contribution in [0, 0.1) is 11.3 Å². The number of hydrogen-bond acceptors (Lipinski definition) is 8. The van der Waals surface area contributed by atoms with E-state index in [2.05, 4.69) is 5.32 Å². The Labute approximate surface area is 193 Å². The SMILES string of the molecule is CC[C@H](C)[C@H](N)C(=O)O.N=C(N)NCCCC[C@H](N)C(=O)O.NC(CCCC(=O)O)C(=O)O. The lowest BCUT2D eigenvalue weighted by atomic mass is 10.0. The molecule has 0 aromatic heterocycles. The summed E-state index contributed by atoms with van der Waals surface area (Å²) in [6.45, 7) is 4.34. The molecule has 14 heteroatoms. The van der Waals surface area contributed by atoms with Gasteiger partial charge in [0, 0.05) is 13.0 Å². The standard InChI is InChI=1S/C7H16N4O2.C6H11NO4.C6H13NO2/c8-5(6(12)13)3-1-2-4-11-7(9)10;7-4(6(10)11)2-1-3-5(8)9;1-3-4(2)5(7)6(8)9/h5H,1-4,8H2,(H,12,13)(H4,9,10,11);4H,1-3,7H2,(H,8,9)(H,10,11);4-5H,3,7H2,1-2H3,(H,8,9)/t5-;;4-,5-/m0.0/s1. The van der Waals surface area contributed by atoms with E-state index in [9.17, 15) is 19.2 Å². The van der Waals surface area contributed by atoms with Gasteiger partial charge in [0.25, 0.3) is 0 Å². The molecule has 0 bridgehead atoms. The molecule has 4 atom stereocenters. The van der Waals surface area contributed by atoms with E-state index >= 15 is 0 Å². The van der Waals surface area contributed by atoms with Crippen LogP contribution in [0.15, 0.2) is 0 Å².